The Balaban J connectivity index is 3.22. The van der Waals surface area contributed by atoms with Crippen molar-refractivity contribution in [3.05, 3.63) is 21.3 Å². The molecule has 0 unspecified atom stereocenters. The average Bonchev–Trinajstić information content (AvgIpc) is 2.09. The first kappa shape index (κ1) is 10.6. The molecular weight excluding hydrogens is 281 g/mol. The van der Waals surface area contributed by atoms with Gasteiger partial charge >= 0.3 is 0 Å². The highest BCUT2D eigenvalue weighted by Crippen LogP contribution is 2.33. The molecule has 4 heteroatoms. The van der Waals surface area contributed by atoms with Crippen LogP contribution in [-0.2, 0) is 0 Å². The maximum Gasteiger partial charge on any atom is 0.171 e. The van der Waals surface area contributed by atoms with Crippen LogP contribution in [0, 0.1) is 3.57 Å². The van der Waals surface area contributed by atoms with E-state index in [4.69, 9.17) is 10.5 Å². The van der Waals surface area contributed by atoms with Gasteiger partial charge in [-0.2, -0.15) is 0 Å². The fraction of sp³-hybridized carbons (Fsp3) is 0.333. The Hall–Kier alpha value is -0.490. The van der Waals surface area contributed by atoms with Gasteiger partial charge in [-0.25, -0.2) is 0 Å². The molecule has 0 aromatic heterocycles. The summed E-state index contributed by atoms with van der Waals surface area (Å²) < 4.78 is 5.76. The number of methoxy groups -OCH3 is 1. The van der Waals surface area contributed by atoms with Gasteiger partial charge in [0.1, 0.15) is 0 Å². The van der Waals surface area contributed by atoms with E-state index in [9.17, 15) is 5.11 Å². The summed E-state index contributed by atoms with van der Waals surface area (Å²) in [6, 6.07) is 3.55. The summed E-state index contributed by atoms with van der Waals surface area (Å²) in [5, 5.41) is 9.53. The highest BCUT2D eigenvalue weighted by Gasteiger charge is 2.10. The topological polar surface area (TPSA) is 55.5 Å². The number of phenols is 1. The van der Waals surface area contributed by atoms with E-state index in [2.05, 4.69) is 0 Å². The van der Waals surface area contributed by atoms with Crippen LogP contribution >= 0.6 is 22.6 Å². The van der Waals surface area contributed by atoms with Crippen molar-refractivity contribution in [1.82, 2.24) is 0 Å². The summed E-state index contributed by atoms with van der Waals surface area (Å²) in [5.41, 5.74) is 6.67. The van der Waals surface area contributed by atoms with Crippen molar-refractivity contribution in [2.45, 2.75) is 13.0 Å². The van der Waals surface area contributed by atoms with Crippen LogP contribution in [0.2, 0.25) is 0 Å². The van der Waals surface area contributed by atoms with Gasteiger partial charge in [-0.15, -0.1) is 0 Å². The van der Waals surface area contributed by atoms with Crippen LogP contribution in [0.5, 0.6) is 11.5 Å². The van der Waals surface area contributed by atoms with Crippen LogP contribution < -0.4 is 10.5 Å². The standard InChI is InChI=1S/C9H12INO2/c1-5(11)6-3-7(10)9(12)8(4-6)13-2/h3-5,12H,11H2,1-2H3/t5-/m0/s1. The van der Waals surface area contributed by atoms with Gasteiger partial charge in [0.05, 0.1) is 10.7 Å². The van der Waals surface area contributed by atoms with E-state index in [1.54, 1.807) is 6.07 Å². The SMILES string of the molecule is COc1cc([C@H](C)N)cc(I)c1O. The summed E-state index contributed by atoms with van der Waals surface area (Å²) in [5.74, 6) is 0.645. The van der Waals surface area contributed by atoms with Crippen LogP contribution in [0.4, 0.5) is 0 Å². The van der Waals surface area contributed by atoms with E-state index in [1.165, 1.54) is 7.11 Å². The number of phenolic OH excluding ortho intramolecular Hbond substituents is 1. The van der Waals surface area contributed by atoms with Gasteiger partial charge in [0.2, 0.25) is 0 Å². The number of ether oxygens (including phenoxy) is 1. The van der Waals surface area contributed by atoms with Crippen molar-refractivity contribution in [1.29, 1.82) is 0 Å². The van der Waals surface area contributed by atoms with Gasteiger partial charge in [0.15, 0.2) is 11.5 Å². The Kier molecular flexibility index (Phi) is 3.38. The van der Waals surface area contributed by atoms with Crippen molar-refractivity contribution < 1.29 is 9.84 Å². The van der Waals surface area contributed by atoms with Crippen molar-refractivity contribution in [2.24, 2.45) is 5.73 Å². The monoisotopic (exact) mass is 293 g/mol. The highest BCUT2D eigenvalue weighted by atomic mass is 127. The summed E-state index contributed by atoms with van der Waals surface area (Å²) in [7, 11) is 1.52. The third kappa shape index (κ3) is 2.25. The van der Waals surface area contributed by atoms with Crippen LogP contribution in [0.3, 0.4) is 0 Å². The lowest BCUT2D eigenvalue weighted by molar-refractivity contribution is 0.371. The molecule has 0 heterocycles. The van der Waals surface area contributed by atoms with E-state index < -0.39 is 0 Å². The summed E-state index contributed by atoms with van der Waals surface area (Å²) >= 11 is 2.05. The minimum absolute atomic E-state index is 0.0528. The molecule has 1 aromatic rings. The van der Waals surface area contributed by atoms with Crippen molar-refractivity contribution in [3.63, 3.8) is 0 Å². The number of benzene rings is 1. The largest absolute Gasteiger partial charge is 0.504 e. The zero-order valence-electron chi connectivity index (χ0n) is 7.54. The highest BCUT2D eigenvalue weighted by molar-refractivity contribution is 14.1. The third-order valence-electron chi connectivity index (χ3n) is 1.80. The van der Waals surface area contributed by atoms with Gasteiger partial charge in [0, 0.05) is 6.04 Å². The molecular formula is C9H12INO2. The Morgan fingerprint density at radius 2 is 2.15 bits per heavy atom. The molecule has 1 atom stereocenters. The first-order chi connectivity index (χ1) is 6.06. The van der Waals surface area contributed by atoms with E-state index in [-0.39, 0.29) is 11.8 Å². The molecule has 3 nitrogen and oxygen atoms in total. The first-order valence-corrected chi connectivity index (χ1v) is 4.96. The third-order valence-corrected chi connectivity index (χ3v) is 2.62. The maximum absolute atomic E-state index is 9.53. The molecule has 72 valence electrons. The number of nitrogens with two attached hydrogens (primary N) is 1. The summed E-state index contributed by atoms with van der Waals surface area (Å²) in [6.45, 7) is 1.89. The number of hydrogen-bond donors (Lipinski definition) is 2. The number of hydrogen-bond acceptors (Lipinski definition) is 3. The molecule has 0 radical (unpaired) electrons. The molecule has 0 saturated carbocycles. The van der Waals surface area contributed by atoms with Crippen LogP contribution in [-0.4, -0.2) is 12.2 Å². The normalized spacial score (nSPS) is 12.6. The molecule has 0 bridgehead atoms. The zero-order valence-corrected chi connectivity index (χ0v) is 9.70. The van der Waals surface area contributed by atoms with Gasteiger partial charge in [-0.1, -0.05) is 0 Å². The van der Waals surface area contributed by atoms with Gasteiger partial charge < -0.3 is 15.6 Å². The lowest BCUT2D eigenvalue weighted by atomic mass is 10.1. The molecule has 3 N–H and O–H groups in total. The second-order valence-electron chi connectivity index (χ2n) is 2.84. The number of rotatable bonds is 2. The number of aromatic hydroxyl groups is 1. The molecule has 0 fully saturated rings. The van der Waals surface area contributed by atoms with E-state index >= 15 is 0 Å². The fourth-order valence-corrected chi connectivity index (χ4v) is 1.64. The Labute approximate surface area is 91.0 Å². The van der Waals surface area contributed by atoms with Crippen LogP contribution in [0.25, 0.3) is 0 Å². The Bertz CT molecular complexity index is 313. The zero-order chi connectivity index (χ0) is 10.0. The van der Waals surface area contributed by atoms with Gasteiger partial charge in [-0.05, 0) is 47.2 Å². The quantitative estimate of drug-likeness (QED) is 0.820. The molecule has 0 spiro atoms. The number of halogens is 1. The molecule has 0 aliphatic rings. The lowest BCUT2D eigenvalue weighted by Crippen LogP contribution is -2.05. The van der Waals surface area contributed by atoms with Crippen LogP contribution in [0.1, 0.15) is 18.5 Å². The average molecular weight is 293 g/mol. The van der Waals surface area contributed by atoms with E-state index in [1.807, 2.05) is 35.6 Å². The van der Waals surface area contributed by atoms with Crippen molar-refractivity contribution >= 4 is 22.6 Å². The predicted octanol–water partition coefficient (Wildman–Crippen LogP) is 2.03. The minimum Gasteiger partial charge on any atom is -0.504 e. The Morgan fingerprint density at radius 3 is 2.62 bits per heavy atom. The second-order valence-corrected chi connectivity index (χ2v) is 4.00. The fourth-order valence-electron chi connectivity index (χ4n) is 1.01. The van der Waals surface area contributed by atoms with E-state index in [0.717, 1.165) is 9.13 Å². The molecule has 0 amide bonds. The van der Waals surface area contributed by atoms with Crippen molar-refractivity contribution in [2.75, 3.05) is 7.11 Å². The van der Waals surface area contributed by atoms with E-state index in [0.29, 0.717) is 5.75 Å². The Morgan fingerprint density at radius 1 is 1.54 bits per heavy atom. The molecule has 0 aliphatic heterocycles. The second kappa shape index (κ2) is 4.15. The molecule has 13 heavy (non-hydrogen) atoms. The minimum atomic E-state index is -0.0528. The molecule has 0 aliphatic carbocycles. The smallest absolute Gasteiger partial charge is 0.171 e. The predicted molar refractivity (Wildman–Crippen MR) is 60.0 cm³/mol. The first-order valence-electron chi connectivity index (χ1n) is 3.88. The van der Waals surface area contributed by atoms with Gasteiger partial charge in [-0.3, -0.25) is 0 Å². The maximum atomic E-state index is 9.53. The summed E-state index contributed by atoms with van der Waals surface area (Å²) in [4.78, 5) is 0. The molecule has 1 rings (SSSR count). The lowest BCUT2D eigenvalue weighted by Gasteiger charge is -2.10. The van der Waals surface area contributed by atoms with Gasteiger partial charge in [0.25, 0.3) is 0 Å². The summed E-state index contributed by atoms with van der Waals surface area (Å²) in [6.07, 6.45) is 0. The van der Waals surface area contributed by atoms with Crippen LogP contribution in [0.15, 0.2) is 12.1 Å². The van der Waals surface area contributed by atoms with Crippen molar-refractivity contribution in [3.8, 4) is 11.5 Å². The molecule has 0 saturated heterocycles. The molecule has 1 aromatic carbocycles.